The molecule has 0 spiro atoms. The monoisotopic (exact) mass is 212 g/mol. The van der Waals surface area contributed by atoms with E-state index in [2.05, 4.69) is 10.3 Å². The van der Waals surface area contributed by atoms with Crippen LogP contribution >= 0.6 is 0 Å². The van der Waals surface area contributed by atoms with Crippen LogP contribution in [0.2, 0.25) is 0 Å². The predicted molar refractivity (Wildman–Crippen MR) is 53.9 cm³/mol. The maximum atomic E-state index is 12.1. The van der Waals surface area contributed by atoms with Gasteiger partial charge in [0.1, 0.15) is 0 Å². The minimum atomic E-state index is -2.29. The van der Waals surface area contributed by atoms with Crippen LogP contribution in [0.5, 0.6) is 0 Å². The van der Waals surface area contributed by atoms with Crippen LogP contribution in [0.15, 0.2) is 18.3 Å². The third-order valence-corrected chi connectivity index (χ3v) is 2.71. The Labute approximate surface area is 87.7 Å². The highest BCUT2D eigenvalue weighted by atomic mass is 19.3. The number of fused-ring (bicyclic) bond motifs is 1. The number of rotatable bonds is 3. The first-order valence-corrected chi connectivity index (χ1v) is 5.22. The van der Waals surface area contributed by atoms with E-state index in [0.717, 1.165) is 25.0 Å². The number of hydrogen-bond donors (Lipinski definition) is 1. The number of aromatic nitrogens is 1. The predicted octanol–water partition coefficient (Wildman–Crippen LogP) is 2.31. The zero-order valence-corrected chi connectivity index (χ0v) is 8.42. The number of nitrogens with one attached hydrogen (secondary N) is 1. The fourth-order valence-corrected chi connectivity index (χ4v) is 2.04. The molecule has 1 aromatic heterocycles. The number of hydrogen-bond acceptors (Lipinski definition) is 2. The van der Waals surface area contributed by atoms with Gasteiger partial charge in [-0.3, -0.25) is 4.98 Å². The summed E-state index contributed by atoms with van der Waals surface area (Å²) >= 11 is 0. The Balaban J connectivity index is 2.08. The van der Waals surface area contributed by atoms with Crippen molar-refractivity contribution in [3.63, 3.8) is 0 Å². The van der Waals surface area contributed by atoms with Crippen LogP contribution in [0, 0.1) is 0 Å². The zero-order valence-electron chi connectivity index (χ0n) is 8.42. The van der Waals surface area contributed by atoms with Crippen LogP contribution in [0.3, 0.4) is 0 Å². The largest absolute Gasteiger partial charge is 0.303 e. The summed E-state index contributed by atoms with van der Waals surface area (Å²) in [6.45, 7) is -0.249. The fourth-order valence-electron chi connectivity index (χ4n) is 2.04. The van der Waals surface area contributed by atoms with Crippen molar-refractivity contribution in [3.05, 3.63) is 29.6 Å². The number of halogens is 2. The van der Waals surface area contributed by atoms with Gasteiger partial charge in [0.2, 0.25) is 0 Å². The lowest BCUT2D eigenvalue weighted by atomic mass is 9.92. The van der Waals surface area contributed by atoms with E-state index in [4.69, 9.17) is 0 Å². The lowest BCUT2D eigenvalue weighted by molar-refractivity contribution is 0.139. The number of alkyl halides is 2. The Morgan fingerprint density at radius 1 is 1.53 bits per heavy atom. The van der Waals surface area contributed by atoms with Gasteiger partial charge in [-0.1, -0.05) is 6.07 Å². The van der Waals surface area contributed by atoms with Crippen LogP contribution < -0.4 is 5.32 Å². The van der Waals surface area contributed by atoms with Gasteiger partial charge < -0.3 is 5.32 Å². The van der Waals surface area contributed by atoms with Crippen molar-refractivity contribution in [2.24, 2.45) is 0 Å². The first-order chi connectivity index (χ1) is 7.27. The SMILES string of the molecule is FC(F)CNC1CCCc2cccnc21. The van der Waals surface area contributed by atoms with Crippen molar-refractivity contribution in [2.75, 3.05) is 6.54 Å². The second kappa shape index (κ2) is 4.66. The Bertz CT molecular complexity index is 328. The molecule has 0 fully saturated rings. The van der Waals surface area contributed by atoms with Crippen molar-refractivity contribution in [2.45, 2.75) is 31.7 Å². The molecular formula is C11H14F2N2. The summed E-state index contributed by atoms with van der Waals surface area (Å²) in [7, 11) is 0. The normalized spacial score (nSPS) is 20.3. The molecule has 0 aromatic carbocycles. The fraction of sp³-hybridized carbons (Fsp3) is 0.545. The molecule has 15 heavy (non-hydrogen) atoms. The van der Waals surface area contributed by atoms with Crippen LogP contribution in [0.4, 0.5) is 8.78 Å². The lowest BCUT2D eigenvalue weighted by Gasteiger charge is -2.25. The summed E-state index contributed by atoms with van der Waals surface area (Å²) in [5.41, 5.74) is 2.14. The zero-order chi connectivity index (χ0) is 10.7. The van der Waals surface area contributed by atoms with Gasteiger partial charge in [0.05, 0.1) is 12.2 Å². The number of pyridine rings is 1. The number of aryl methyl sites for hydroxylation is 1. The van der Waals surface area contributed by atoms with E-state index in [-0.39, 0.29) is 12.6 Å². The second-order valence-electron chi connectivity index (χ2n) is 3.79. The smallest absolute Gasteiger partial charge is 0.250 e. The summed E-state index contributed by atoms with van der Waals surface area (Å²) < 4.78 is 24.2. The molecule has 1 aliphatic carbocycles. The van der Waals surface area contributed by atoms with Crippen LogP contribution in [0.25, 0.3) is 0 Å². The number of nitrogens with zero attached hydrogens (tertiary/aromatic N) is 1. The molecule has 0 saturated carbocycles. The molecule has 2 rings (SSSR count). The van der Waals surface area contributed by atoms with Gasteiger partial charge in [-0.05, 0) is 30.9 Å². The maximum Gasteiger partial charge on any atom is 0.250 e. The average molecular weight is 212 g/mol. The lowest BCUT2D eigenvalue weighted by Crippen LogP contribution is -2.30. The summed E-state index contributed by atoms with van der Waals surface area (Å²) in [6, 6.07) is 3.93. The third kappa shape index (κ3) is 2.50. The van der Waals surface area contributed by atoms with E-state index in [1.807, 2.05) is 12.1 Å². The van der Waals surface area contributed by atoms with E-state index in [1.54, 1.807) is 6.20 Å². The Morgan fingerprint density at radius 2 is 2.40 bits per heavy atom. The summed E-state index contributed by atoms with van der Waals surface area (Å²) in [6.07, 6.45) is 2.38. The topological polar surface area (TPSA) is 24.9 Å². The van der Waals surface area contributed by atoms with Crippen LogP contribution in [-0.4, -0.2) is 18.0 Å². The first-order valence-electron chi connectivity index (χ1n) is 5.22. The van der Waals surface area contributed by atoms with E-state index < -0.39 is 6.43 Å². The van der Waals surface area contributed by atoms with Crippen molar-refractivity contribution in [3.8, 4) is 0 Å². The molecule has 4 heteroatoms. The molecule has 0 amide bonds. The van der Waals surface area contributed by atoms with Crippen molar-refractivity contribution >= 4 is 0 Å². The minimum Gasteiger partial charge on any atom is -0.303 e. The average Bonchev–Trinajstić information content (AvgIpc) is 2.26. The van der Waals surface area contributed by atoms with E-state index in [9.17, 15) is 8.78 Å². The molecule has 1 N–H and O–H groups in total. The molecule has 0 bridgehead atoms. The van der Waals surface area contributed by atoms with Gasteiger partial charge >= 0.3 is 0 Å². The van der Waals surface area contributed by atoms with E-state index in [1.165, 1.54) is 5.56 Å². The van der Waals surface area contributed by atoms with Crippen molar-refractivity contribution < 1.29 is 8.78 Å². The van der Waals surface area contributed by atoms with Gasteiger partial charge in [-0.15, -0.1) is 0 Å². The minimum absolute atomic E-state index is 0.00366. The molecular weight excluding hydrogens is 198 g/mol. The molecule has 2 nitrogen and oxygen atoms in total. The highest BCUT2D eigenvalue weighted by molar-refractivity contribution is 5.25. The van der Waals surface area contributed by atoms with Crippen LogP contribution in [-0.2, 0) is 6.42 Å². The highest BCUT2D eigenvalue weighted by Gasteiger charge is 2.21. The van der Waals surface area contributed by atoms with Crippen molar-refractivity contribution in [1.29, 1.82) is 0 Å². The Morgan fingerprint density at radius 3 is 3.20 bits per heavy atom. The van der Waals surface area contributed by atoms with Gasteiger partial charge in [0, 0.05) is 12.2 Å². The molecule has 1 heterocycles. The molecule has 1 aliphatic rings. The van der Waals surface area contributed by atoms with Gasteiger partial charge in [-0.25, -0.2) is 8.78 Å². The summed E-state index contributed by atoms with van der Waals surface area (Å²) in [5.74, 6) is 0. The quantitative estimate of drug-likeness (QED) is 0.831. The van der Waals surface area contributed by atoms with Gasteiger partial charge in [-0.2, -0.15) is 0 Å². The second-order valence-corrected chi connectivity index (χ2v) is 3.79. The Hall–Kier alpha value is -1.03. The molecule has 0 aliphatic heterocycles. The maximum absolute atomic E-state index is 12.1. The summed E-state index contributed by atoms with van der Waals surface area (Å²) in [4.78, 5) is 4.27. The molecule has 1 unspecified atom stereocenters. The molecule has 0 saturated heterocycles. The van der Waals surface area contributed by atoms with E-state index in [0.29, 0.717) is 0 Å². The molecule has 0 radical (unpaired) electrons. The van der Waals surface area contributed by atoms with Crippen molar-refractivity contribution in [1.82, 2.24) is 10.3 Å². The van der Waals surface area contributed by atoms with Gasteiger partial charge in [0.15, 0.2) is 0 Å². The summed E-state index contributed by atoms with van der Waals surface area (Å²) in [5, 5.41) is 2.86. The Kier molecular flexibility index (Phi) is 3.26. The van der Waals surface area contributed by atoms with Crippen LogP contribution in [0.1, 0.15) is 30.1 Å². The standard InChI is InChI=1S/C11H14F2N2/c12-10(13)7-15-9-5-1-3-8-4-2-6-14-11(8)9/h2,4,6,9-10,15H,1,3,5,7H2. The van der Waals surface area contributed by atoms with Gasteiger partial charge in [0.25, 0.3) is 6.43 Å². The third-order valence-electron chi connectivity index (χ3n) is 2.71. The highest BCUT2D eigenvalue weighted by Crippen LogP contribution is 2.27. The van der Waals surface area contributed by atoms with E-state index >= 15 is 0 Å². The molecule has 1 aromatic rings. The molecule has 1 atom stereocenters. The molecule has 82 valence electrons. The first kappa shape index (κ1) is 10.5.